The summed E-state index contributed by atoms with van der Waals surface area (Å²) in [4.78, 5) is 0. The van der Waals surface area contributed by atoms with E-state index in [0.29, 0.717) is 18.8 Å². The summed E-state index contributed by atoms with van der Waals surface area (Å²) in [6.45, 7) is 6.75. The van der Waals surface area contributed by atoms with Crippen LogP contribution in [0.1, 0.15) is 12.5 Å². The molecule has 0 radical (unpaired) electrons. The minimum absolute atomic E-state index is 0.448. The molecule has 1 aromatic carbocycles. The highest BCUT2D eigenvalue weighted by molar-refractivity contribution is 5.82. The molecule has 3 heteroatoms. The standard InChI is InChI=1S/C14H13NO2/c1-3-12(10(2)9-15)11-4-5-13-14(8-11)17-7-6-16-13/h3-5,8H,2,6-7H2,1H3/b12-3+. The molecular weight excluding hydrogens is 214 g/mol. The summed E-state index contributed by atoms with van der Waals surface area (Å²) in [5.41, 5.74) is 2.19. The molecule has 0 saturated heterocycles. The van der Waals surface area contributed by atoms with Gasteiger partial charge in [0.1, 0.15) is 13.2 Å². The van der Waals surface area contributed by atoms with Crippen LogP contribution in [0.3, 0.4) is 0 Å². The van der Waals surface area contributed by atoms with E-state index in [9.17, 15) is 0 Å². The number of nitriles is 1. The Kier molecular flexibility index (Phi) is 3.15. The Hall–Kier alpha value is -2.21. The van der Waals surface area contributed by atoms with Crippen molar-refractivity contribution in [1.29, 1.82) is 5.26 Å². The fourth-order valence-electron chi connectivity index (χ4n) is 1.79. The Morgan fingerprint density at radius 1 is 1.35 bits per heavy atom. The van der Waals surface area contributed by atoms with Crippen molar-refractivity contribution in [3.8, 4) is 17.6 Å². The molecule has 17 heavy (non-hydrogen) atoms. The fourth-order valence-corrected chi connectivity index (χ4v) is 1.79. The third-order valence-corrected chi connectivity index (χ3v) is 2.60. The minimum atomic E-state index is 0.448. The molecule has 1 heterocycles. The van der Waals surface area contributed by atoms with E-state index >= 15 is 0 Å². The third-order valence-electron chi connectivity index (χ3n) is 2.60. The lowest BCUT2D eigenvalue weighted by Crippen LogP contribution is -2.15. The highest BCUT2D eigenvalue weighted by Crippen LogP contribution is 2.34. The SMILES string of the molecule is C=C(C#N)/C(=C\C)c1ccc2c(c1)OCCO2. The predicted octanol–water partition coefficient (Wildman–Crippen LogP) is 2.94. The lowest BCUT2D eigenvalue weighted by molar-refractivity contribution is 0.171. The Balaban J connectivity index is 2.40. The van der Waals surface area contributed by atoms with E-state index in [0.717, 1.165) is 22.6 Å². The topological polar surface area (TPSA) is 42.2 Å². The molecule has 0 atom stereocenters. The monoisotopic (exact) mass is 227 g/mol. The molecule has 0 unspecified atom stereocenters. The Morgan fingerprint density at radius 3 is 2.71 bits per heavy atom. The summed E-state index contributed by atoms with van der Waals surface area (Å²) >= 11 is 0. The lowest BCUT2D eigenvalue weighted by atomic mass is 9.99. The molecule has 1 aliphatic rings. The van der Waals surface area contributed by atoms with Crippen molar-refractivity contribution >= 4 is 5.57 Å². The number of nitrogens with zero attached hydrogens (tertiary/aromatic N) is 1. The highest BCUT2D eigenvalue weighted by atomic mass is 16.6. The molecule has 0 amide bonds. The van der Waals surface area contributed by atoms with Gasteiger partial charge in [-0.25, -0.2) is 0 Å². The first-order chi connectivity index (χ1) is 8.26. The van der Waals surface area contributed by atoms with Gasteiger partial charge in [-0.3, -0.25) is 0 Å². The summed E-state index contributed by atoms with van der Waals surface area (Å²) in [6.07, 6.45) is 1.87. The average Bonchev–Trinajstić information content (AvgIpc) is 2.39. The Bertz CT molecular complexity index is 524. The van der Waals surface area contributed by atoms with Crippen LogP contribution in [-0.2, 0) is 0 Å². The molecule has 0 fully saturated rings. The van der Waals surface area contributed by atoms with Gasteiger partial charge < -0.3 is 9.47 Å². The zero-order chi connectivity index (χ0) is 12.3. The van der Waals surface area contributed by atoms with Gasteiger partial charge >= 0.3 is 0 Å². The first-order valence-corrected chi connectivity index (χ1v) is 5.42. The maximum Gasteiger partial charge on any atom is 0.161 e. The van der Waals surface area contributed by atoms with Crippen molar-refractivity contribution in [3.63, 3.8) is 0 Å². The molecule has 0 aromatic heterocycles. The summed E-state index contributed by atoms with van der Waals surface area (Å²) < 4.78 is 11.0. The van der Waals surface area contributed by atoms with Crippen LogP contribution in [0, 0.1) is 11.3 Å². The molecule has 0 spiro atoms. The summed E-state index contributed by atoms with van der Waals surface area (Å²) in [5, 5.41) is 8.89. The summed E-state index contributed by atoms with van der Waals surface area (Å²) in [5.74, 6) is 1.47. The van der Waals surface area contributed by atoms with Gasteiger partial charge in [0.2, 0.25) is 0 Å². The van der Waals surface area contributed by atoms with Gasteiger partial charge in [0.05, 0.1) is 11.6 Å². The van der Waals surface area contributed by atoms with E-state index in [1.54, 1.807) is 0 Å². The van der Waals surface area contributed by atoms with E-state index in [1.165, 1.54) is 0 Å². The van der Waals surface area contributed by atoms with Gasteiger partial charge in [-0.2, -0.15) is 5.26 Å². The predicted molar refractivity (Wildman–Crippen MR) is 65.8 cm³/mol. The van der Waals surface area contributed by atoms with Crippen molar-refractivity contribution in [2.45, 2.75) is 6.92 Å². The summed E-state index contributed by atoms with van der Waals surface area (Å²) in [6, 6.07) is 7.71. The molecule has 1 aromatic rings. The van der Waals surface area contributed by atoms with E-state index in [2.05, 4.69) is 12.6 Å². The summed E-state index contributed by atoms with van der Waals surface area (Å²) in [7, 11) is 0. The quantitative estimate of drug-likeness (QED) is 0.576. The van der Waals surface area contributed by atoms with Gasteiger partial charge in [0.25, 0.3) is 0 Å². The number of fused-ring (bicyclic) bond motifs is 1. The second-order valence-electron chi connectivity index (χ2n) is 3.65. The van der Waals surface area contributed by atoms with E-state index < -0.39 is 0 Å². The van der Waals surface area contributed by atoms with Crippen molar-refractivity contribution in [3.05, 3.63) is 42.0 Å². The molecule has 0 saturated carbocycles. The smallest absolute Gasteiger partial charge is 0.161 e. The van der Waals surface area contributed by atoms with Crippen LogP contribution in [0.25, 0.3) is 5.57 Å². The van der Waals surface area contributed by atoms with E-state index in [1.807, 2.05) is 31.2 Å². The van der Waals surface area contributed by atoms with Crippen molar-refractivity contribution in [1.82, 2.24) is 0 Å². The van der Waals surface area contributed by atoms with Crippen molar-refractivity contribution in [2.75, 3.05) is 13.2 Å². The van der Waals surface area contributed by atoms with Gasteiger partial charge in [-0.1, -0.05) is 18.7 Å². The Labute approximate surface area is 101 Å². The molecule has 0 N–H and O–H groups in total. The maximum atomic E-state index is 8.89. The number of allylic oxidation sites excluding steroid dienone is 3. The number of rotatable bonds is 2. The first-order valence-electron chi connectivity index (χ1n) is 5.42. The van der Waals surface area contributed by atoms with Crippen LogP contribution in [-0.4, -0.2) is 13.2 Å². The molecule has 0 bridgehead atoms. The molecule has 0 aliphatic carbocycles. The highest BCUT2D eigenvalue weighted by Gasteiger charge is 2.13. The van der Waals surface area contributed by atoms with Crippen LogP contribution >= 0.6 is 0 Å². The molecular formula is C14H13NO2. The number of hydrogen-bond acceptors (Lipinski definition) is 3. The van der Waals surface area contributed by atoms with E-state index in [4.69, 9.17) is 14.7 Å². The zero-order valence-corrected chi connectivity index (χ0v) is 9.69. The number of ether oxygens (including phenoxy) is 2. The second-order valence-corrected chi connectivity index (χ2v) is 3.65. The van der Waals surface area contributed by atoms with Gasteiger partial charge in [0.15, 0.2) is 11.5 Å². The van der Waals surface area contributed by atoms with Crippen LogP contribution in [0.15, 0.2) is 36.4 Å². The van der Waals surface area contributed by atoms with Gasteiger partial charge in [-0.15, -0.1) is 0 Å². The van der Waals surface area contributed by atoms with Crippen LogP contribution in [0.2, 0.25) is 0 Å². The largest absolute Gasteiger partial charge is 0.486 e. The lowest BCUT2D eigenvalue weighted by Gasteiger charge is -2.19. The Morgan fingerprint density at radius 2 is 2.06 bits per heavy atom. The van der Waals surface area contributed by atoms with Crippen LogP contribution < -0.4 is 9.47 Å². The van der Waals surface area contributed by atoms with Crippen LogP contribution in [0.4, 0.5) is 0 Å². The number of hydrogen-bond donors (Lipinski definition) is 0. The number of benzene rings is 1. The molecule has 86 valence electrons. The fraction of sp³-hybridized carbons (Fsp3) is 0.214. The van der Waals surface area contributed by atoms with Crippen LogP contribution in [0.5, 0.6) is 11.5 Å². The van der Waals surface area contributed by atoms with Gasteiger partial charge in [0, 0.05) is 0 Å². The van der Waals surface area contributed by atoms with Crippen molar-refractivity contribution in [2.24, 2.45) is 0 Å². The maximum absolute atomic E-state index is 8.89. The second kappa shape index (κ2) is 4.75. The normalized spacial score (nSPS) is 14.0. The molecule has 3 nitrogen and oxygen atoms in total. The molecule has 2 rings (SSSR count). The van der Waals surface area contributed by atoms with E-state index in [-0.39, 0.29) is 0 Å². The minimum Gasteiger partial charge on any atom is -0.486 e. The zero-order valence-electron chi connectivity index (χ0n) is 9.69. The third kappa shape index (κ3) is 2.16. The average molecular weight is 227 g/mol. The van der Waals surface area contributed by atoms with Crippen molar-refractivity contribution < 1.29 is 9.47 Å². The molecule has 1 aliphatic heterocycles. The van der Waals surface area contributed by atoms with Gasteiger partial charge in [-0.05, 0) is 30.2 Å². The first kappa shape index (κ1) is 11.3.